The molecule has 0 unspecified atom stereocenters. The Balaban J connectivity index is 1.66. The molecular formula is C11H23NO3. The SMILES string of the molecule is COCCOCCCOCCC1CNC1. The molecule has 0 aliphatic carbocycles. The van der Waals surface area contributed by atoms with E-state index in [9.17, 15) is 0 Å². The summed E-state index contributed by atoms with van der Waals surface area (Å²) < 4.78 is 15.7. The van der Waals surface area contributed by atoms with Crippen molar-refractivity contribution in [3.05, 3.63) is 0 Å². The number of nitrogens with one attached hydrogen (secondary N) is 1. The van der Waals surface area contributed by atoms with Gasteiger partial charge in [0.15, 0.2) is 0 Å². The summed E-state index contributed by atoms with van der Waals surface area (Å²) in [7, 11) is 1.68. The first-order valence-corrected chi connectivity index (χ1v) is 5.78. The second kappa shape index (κ2) is 9.09. The molecule has 1 aliphatic heterocycles. The fraction of sp³-hybridized carbons (Fsp3) is 1.00. The number of hydrogen-bond donors (Lipinski definition) is 1. The van der Waals surface area contributed by atoms with Crippen molar-refractivity contribution in [1.29, 1.82) is 0 Å². The summed E-state index contributed by atoms with van der Waals surface area (Å²) in [4.78, 5) is 0. The third kappa shape index (κ3) is 6.84. The normalized spacial score (nSPS) is 16.6. The second-order valence-electron chi connectivity index (χ2n) is 3.88. The predicted molar refractivity (Wildman–Crippen MR) is 59.1 cm³/mol. The van der Waals surface area contributed by atoms with E-state index in [1.807, 2.05) is 0 Å². The Morgan fingerprint density at radius 1 is 1.00 bits per heavy atom. The number of hydrogen-bond acceptors (Lipinski definition) is 4. The van der Waals surface area contributed by atoms with Crippen LogP contribution in [-0.4, -0.2) is 53.2 Å². The minimum Gasteiger partial charge on any atom is -0.382 e. The molecule has 0 spiro atoms. The van der Waals surface area contributed by atoms with E-state index < -0.39 is 0 Å². The fourth-order valence-corrected chi connectivity index (χ4v) is 1.41. The number of ether oxygens (including phenoxy) is 3. The van der Waals surface area contributed by atoms with E-state index in [2.05, 4.69) is 5.32 Å². The minimum absolute atomic E-state index is 0.676. The highest BCUT2D eigenvalue weighted by Crippen LogP contribution is 2.07. The van der Waals surface area contributed by atoms with E-state index in [-0.39, 0.29) is 0 Å². The first kappa shape index (κ1) is 12.9. The third-order valence-corrected chi connectivity index (χ3v) is 2.55. The minimum atomic E-state index is 0.676. The van der Waals surface area contributed by atoms with E-state index in [1.54, 1.807) is 7.11 Å². The highest BCUT2D eigenvalue weighted by atomic mass is 16.5. The highest BCUT2D eigenvalue weighted by molar-refractivity contribution is 4.73. The summed E-state index contributed by atoms with van der Waals surface area (Å²) >= 11 is 0. The van der Waals surface area contributed by atoms with E-state index in [0.717, 1.165) is 32.2 Å². The molecule has 4 heteroatoms. The van der Waals surface area contributed by atoms with Gasteiger partial charge in [-0.1, -0.05) is 0 Å². The Labute approximate surface area is 92.3 Å². The second-order valence-corrected chi connectivity index (χ2v) is 3.88. The lowest BCUT2D eigenvalue weighted by molar-refractivity contribution is 0.0481. The predicted octanol–water partition coefficient (Wildman–Crippen LogP) is 0.666. The van der Waals surface area contributed by atoms with Crippen molar-refractivity contribution in [2.45, 2.75) is 12.8 Å². The fourth-order valence-electron chi connectivity index (χ4n) is 1.41. The van der Waals surface area contributed by atoms with Crippen LogP contribution in [0.25, 0.3) is 0 Å². The van der Waals surface area contributed by atoms with Crippen LogP contribution in [0.5, 0.6) is 0 Å². The molecule has 15 heavy (non-hydrogen) atoms. The van der Waals surface area contributed by atoms with Gasteiger partial charge in [-0.3, -0.25) is 0 Å². The average molecular weight is 217 g/mol. The number of rotatable bonds is 10. The van der Waals surface area contributed by atoms with Crippen molar-refractivity contribution < 1.29 is 14.2 Å². The maximum absolute atomic E-state index is 5.51. The van der Waals surface area contributed by atoms with Gasteiger partial charge in [0, 0.05) is 26.9 Å². The molecule has 4 nitrogen and oxygen atoms in total. The first-order valence-electron chi connectivity index (χ1n) is 5.78. The van der Waals surface area contributed by atoms with Crippen LogP contribution in [-0.2, 0) is 14.2 Å². The molecule has 0 radical (unpaired) electrons. The van der Waals surface area contributed by atoms with Gasteiger partial charge in [-0.15, -0.1) is 0 Å². The maximum atomic E-state index is 5.51. The molecule has 0 amide bonds. The molecule has 0 aromatic carbocycles. The maximum Gasteiger partial charge on any atom is 0.0700 e. The molecule has 1 N–H and O–H groups in total. The standard InChI is InChI=1S/C11H23NO3/c1-13-7-8-15-5-2-4-14-6-3-11-9-12-10-11/h11-12H,2-10H2,1H3. The summed E-state index contributed by atoms with van der Waals surface area (Å²) in [5.41, 5.74) is 0. The van der Waals surface area contributed by atoms with E-state index in [4.69, 9.17) is 14.2 Å². The summed E-state index contributed by atoms with van der Waals surface area (Å²) in [5.74, 6) is 0.850. The van der Waals surface area contributed by atoms with E-state index in [1.165, 1.54) is 19.5 Å². The van der Waals surface area contributed by atoms with Crippen molar-refractivity contribution in [3.8, 4) is 0 Å². The first-order chi connectivity index (χ1) is 7.43. The van der Waals surface area contributed by atoms with Gasteiger partial charge in [0.2, 0.25) is 0 Å². The molecule has 1 aliphatic rings. The summed E-state index contributed by atoms with van der Waals surface area (Å²) in [6.45, 7) is 6.18. The van der Waals surface area contributed by atoms with Crippen molar-refractivity contribution in [1.82, 2.24) is 5.32 Å². The van der Waals surface area contributed by atoms with Crippen LogP contribution in [0, 0.1) is 5.92 Å². The van der Waals surface area contributed by atoms with Gasteiger partial charge in [0.1, 0.15) is 0 Å². The molecule has 0 aromatic heterocycles. The lowest BCUT2D eigenvalue weighted by atomic mass is 10.0. The van der Waals surface area contributed by atoms with E-state index in [0.29, 0.717) is 13.2 Å². The molecule has 0 aromatic rings. The molecule has 0 saturated carbocycles. The molecule has 1 saturated heterocycles. The van der Waals surface area contributed by atoms with Crippen LogP contribution in [0.15, 0.2) is 0 Å². The van der Waals surface area contributed by atoms with Gasteiger partial charge in [0.25, 0.3) is 0 Å². The Morgan fingerprint density at radius 2 is 1.73 bits per heavy atom. The number of methoxy groups -OCH3 is 1. The third-order valence-electron chi connectivity index (χ3n) is 2.55. The smallest absolute Gasteiger partial charge is 0.0700 e. The van der Waals surface area contributed by atoms with Gasteiger partial charge in [-0.05, 0) is 31.8 Å². The Bertz CT molecular complexity index is 140. The largest absolute Gasteiger partial charge is 0.382 e. The van der Waals surface area contributed by atoms with Gasteiger partial charge < -0.3 is 19.5 Å². The molecular weight excluding hydrogens is 194 g/mol. The Morgan fingerprint density at radius 3 is 2.33 bits per heavy atom. The zero-order chi connectivity index (χ0) is 10.8. The Hall–Kier alpha value is -0.160. The molecule has 1 rings (SSSR count). The highest BCUT2D eigenvalue weighted by Gasteiger charge is 2.15. The molecule has 1 fully saturated rings. The monoisotopic (exact) mass is 217 g/mol. The lowest BCUT2D eigenvalue weighted by Crippen LogP contribution is -2.42. The molecule has 1 heterocycles. The summed E-state index contributed by atoms with van der Waals surface area (Å²) in [5, 5.41) is 3.25. The average Bonchev–Trinajstić information content (AvgIpc) is 2.18. The van der Waals surface area contributed by atoms with Gasteiger partial charge >= 0.3 is 0 Å². The molecule has 90 valence electrons. The lowest BCUT2D eigenvalue weighted by Gasteiger charge is -2.26. The van der Waals surface area contributed by atoms with Crippen LogP contribution < -0.4 is 5.32 Å². The zero-order valence-electron chi connectivity index (χ0n) is 9.67. The van der Waals surface area contributed by atoms with Crippen LogP contribution in [0.4, 0.5) is 0 Å². The zero-order valence-corrected chi connectivity index (χ0v) is 9.67. The topological polar surface area (TPSA) is 39.7 Å². The summed E-state index contributed by atoms with van der Waals surface area (Å²) in [6.07, 6.45) is 2.17. The Kier molecular flexibility index (Phi) is 7.83. The molecule has 0 atom stereocenters. The molecule has 0 bridgehead atoms. The van der Waals surface area contributed by atoms with Crippen LogP contribution in [0.3, 0.4) is 0 Å². The van der Waals surface area contributed by atoms with Gasteiger partial charge in [-0.2, -0.15) is 0 Å². The van der Waals surface area contributed by atoms with Crippen molar-refractivity contribution in [2.75, 3.05) is 53.2 Å². The van der Waals surface area contributed by atoms with Gasteiger partial charge in [0.05, 0.1) is 13.2 Å². The van der Waals surface area contributed by atoms with Crippen LogP contribution in [0.2, 0.25) is 0 Å². The van der Waals surface area contributed by atoms with Crippen LogP contribution in [0.1, 0.15) is 12.8 Å². The van der Waals surface area contributed by atoms with Crippen molar-refractivity contribution >= 4 is 0 Å². The van der Waals surface area contributed by atoms with E-state index >= 15 is 0 Å². The van der Waals surface area contributed by atoms with Crippen molar-refractivity contribution in [2.24, 2.45) is 5.92 Å². The van der Waals surface area contributed by atoms with Crippen molar-refractivity contribution in [3.63, 3.8) is 0 Å². The summed E-state index contributed by atoms with van der Waals surface area (Å²) in [6, 6.07) is 0. The quantitative estimate of drug-likeness (QED) is 0.546. The van der Waals surface area contributed by atoms with Crippen LogP contribution >= 0.6 is 0 Å². The van der Waals surface area contributed by atoms with Gasteiger partial charge in [-0.25, -0.2) is 0 Å².